The maximum Gasteiger partial charge on any atom is 0 e. The molecule has 0 saturated carbocycles. The van der Waals surface area contributed by atoms with Gasteiger partial charge >= 0.3 is 0 Å². The summed E-state index contributed by atoms with van der Waals surface area (Å²) in [6.07, 6.45) is 0. The minimum atomic E-state index is 0. The Hall–Kier alpha value is 3.37. The van der Waals surface area contributed by atoms with Crippen molar-refractivity contribution in [3.05, 3.63) is 0 Å². The zero-order valence-electron chi connectivity index (χ0n) is 4.00. The summed E-state index contributed by atoms with van der Waals surface area (Å²) in [6, 6.07) is 0. The van der Waals surface area contributed by atoms with Gasteiger partial charge in [-0.05, 0) is 0 Å². The molecular formula is H6K2O3Si. The Kier molecular flexibility index (Phi) is 386. The summed E-state index contributed by atoms with van der Waals surface area (Å²) in [7, 11) is 0. The zero-order chi connectivity index (χ0) is 0. The second-order valence-electron chi connectivity index (χ2n) is 0. The van der Waals surface area contributed by atoms with Gasteiger partial charge < -0.3 is 16.4 Å². The molecule has 0 aliphatic heterocycles. The van der Waals surface area contributed by atoms with Crippen molar-refractivity contribution in [2.24, 2.45) is 0 Å². The zero-order valence-corrected chi connectivity index (χ0v) is 11.2. The second-order valence-corrected chi connectivity index (χ2v) is 0. The molecule has 6 heavy (non-hydrogen) atoms. The van der Waals surface area contributed by atoms with E-state index in [2.05, 4.69) is 0 Å². The first-order chi connectivity index (χ1) is 0. The Morgan fingerprint density at radius 3 is 0.500 bits per heavy atom. The van der Waals surface area contributed by atoms with E-state index in [0.717, 1.165) is 0 Å². The summed E-state index contributed by atoms with van der Waals surface area (Å²) >= 11 is 0. The molecule has 6 radical (unpaired) electrons. The standard InChI is InChI=1S/2K.3H2O.Si/h;;3*1H2;. The van der Waals surface area contributed by atoms with Crippen LogP contribution in [-0.4, -0.2) is 130 Å². The van der Waals surface area contributed by atoms with Crippen molar-refractivity contribution in [2.45, 2.75) is 0 Å². The molecule has 0 aliphatic rings. The van der Waals surface area contributed by atoms with Gasteiger partial charge in [0, 0.05) is 114 Å². The minimum absolute atomic E-state index is 0. The van der Waals surface area contributed by atoms with Crippen LogP contribution in [0.15, 0.2) is 0 Å². The maximum absolute atomic E-state index is 0. The molecule has 0 aromatic rings. The predicted molar refractivity (Wildman–Crippen MR) is 28.1 cm³/mol. The fourth-order valence-corrected chi connectivity index (χ4v) is 0. The first kappa shape index (κ1) is 57.8. The summed E-state index contributed by atoms with van der Waals surface area (Å²) in [4.78, 5) is 0. The summed E-state index contributed by atoms with van der Waals surface area (Å²) in [5, 5.41) is 0. The average Bonchev–Trinajstić information content (AvgIpc) is 0. The smallest absolute Gasteiger partial charge is 0 e. The quantitative estimate of drug-likeness (QED) is 0.327. The van der Waals surface area contributed by atoms with Gasteiger partial charge in [-0.1, -0.05) is 0 Å². The van der Waals surface area contributed by atoms with Gasteiger partial charge in [0.1, 0.15) is 0 Å². The molecule has 30 valence electrons. The van der Waals surface area contributed by atoms with Gasteiger partial charge in [0.2, 0.25) is 0 Å². The topological polar surface area (TPSA) is 94.5 Å². The van der Waals surface area contributed by atoms with Crippen LogP contribution >= 0.6 is 0 Å². The van der Waals surface area contributed by atoms with E-state index in [1.165, 1.54) is 0 Å². The summed E-state index contributed by atoms with van der Waals surface area (Å²) in [5.74, 6) is 0. The third-order valence-electron chi connectivity index (χ3n) is 0. The van der Waals surface area contributed by atoms with E-state index >= 15 is 0 Å². The van der Waals surface area contributed by atoms with Crippen LogP contribution in [0, 0.1) is 0 Å². The first-order valence-corrected chi connectivity index (χ1v) is 0. The summed E-state index contributed by atoms with van der Waals surface area (Å²) in [5.41, 5.74) is 0. The van der Waals surface area contributed by atoms with Crippen LogP contribution in [0.5, 0.6) is 0 Å². The van der Waals surface area contributed by atoms with Crippen LogP contribution < -0.4 is 0 Å². The van der Waals surface area contributed by atoms with Gasteiger partial charge in [0.15, 0.2) is 0 Å². The Labute approximate surface area is 126 Å². The van der Waals surface area contributed by atoms with E-state index in [-0.39, 0.29) is 130 Å². The van der Waals surface area contributed by atoms with Crippen LogP contribution in [0.2, 0.25) is 0 Å². The van der Waals surface area contributed by atoms with Crippen molar-refractivity contribution in [3.63, 3.8) is 0 Å². The molecule has 6 N–H and O–H groups in total. The molecule has 6 heteroatoms. The first-order valence-electron chi connectivity index (χ1n) is 0. The van der Waals surface area contributed by atoms with Crippen molar-refractivity contribution >= 4 is 114 Å². The molecule has 0 rings (SSSR count). The normalized spacial score (nSPS) is 0. The molecule has 0 bridgehead atoms. The van der Waals surface area contributed by atoms with E-state index < -0.39 is 0 Å². The van der Waals surface area contributed by atoms with Gasteiger partial charge in [-0.15, -0.1) is 0 Å². The Bertz CT molecular complexity index is 8.75. The monoisotopic (exact) mass is 160 g/mol. The number of hydrogen-bond donors (Lipinski definition) is 0. The molecule has 0 unspecified atom stereocenters. The van der Waals surface area contributed by atoms with E-state index in [9.17, 15) is 0 Å². The van der Waals surface area contributed by atoms with E-state index in [1.807, 2.05) is 0 Å². The van der Waals surface area contributed by atoms with Crippen LogP contribution in [0.4, 0.5) is 0 Å². The summed E-state index contributed by atoms with van der Waals surface area (Å²) < 4.78 is 0. The Morgan fingerprint density at radius 1 is 0.500 bits per heavy atom. The molecule has 0 atom stereocenters. The molecule has 0 aromatic heterocycles. The average molecular weight is 160 g/mol. The SMILES string of the molecule is O.O.O.[K].[K].[Si]. The van der Waals surface area contributed by atoms with Gasteiger partial charge in [-0.2, -0.15) is 0 Å². The molecule has 0 fully saturated rings. The largest absolute Gasteiger partial charge is 0.412 e. The van der Waals surface area contributed by atoms with Crippen LogP contribution in [0.25, 0.3) is 0 Å². The molecule has 0 aliphatic carbocycles. The van der Waals surface area contributed by atoms with E-state index in [1.54, 1.807) is 0 Å². The molecule has 0 spiro atoms. The fraction of sp³-hybridized carbons (Fsp3) is 0. The molecule has 0 saturated heterocycles. The van der Waals surface area contributed by atoms with Crippen LogP contribution in [0.1, 0.15) is 0 Å². The van der Waals surface area contributed by atoms with Crippen molar-refractivity contribution in [1.82, 2.24) is 0 Å². The number of hydrogen-bond acceptors (Lipinski definition) is 0. The van der Waals surface area contributed by atoms with Gasteiger partial charge in [0.25, 0.3) is 0 Å². The molecule has 3 nitrogen and oxygen atoms in total. The molecule has 0 aromatic carbocycles. The van der Waals surface area contributed by atoms with E-state index in [0.29, 0.717) is 0 Å². The Balaban J connectivity index is 0. The van der Waals surface area contributed by atoms with Crippen molar-refractivity contribution in [2.75, 3.05) is 0 Å². The second kappa shape index (κ2) is 40.0. The Morgan fingerprint density at radius 2 is 0.500 bits per heavy atom. The van der Waals surface area contributed by atoms with Crippen molar-refractivity contribution in [3.8, 4) is 0 Å². The van der Waals surface area contributed by atoms with Gasteiger partial charge in [0.05, 0.1) is 0 Å². The molecular weight excluding hydrogens is 154 g/mol. The van der Waals surface area contributed by atoms with Crippen LogP contribution in [0.3, 0.4) is 0 Å². The maximum atomic E-state index is 0. The molecule has 0 heterocycles. The molecule has 0 amide bonds. The van der Waals surface area contributed by atoms with Crippen LogP contribution in [-0.2, 0) is 0 Å². The van der Waals surface area contributed by atoms with E-state index in [4.69, 9.17) is 0 Å². The minimum Gasteiger partial charge on any atom is -0.412 e. The fourth-order valence-electron chi connectivity index (χ4n) is 0. The van der Waals surface area contributed by atoms with Gasteiger partial charge in [-0.25, -0.2) is 0 Å². The van der Waals surface area contributed by atoms with Crippen molar-refractivity contribution < 1.29 is 16.4 Å². The predicted octanol–water partition coefficient (Wildman–Crippen LogP) is -3.62. The number of rotatable bonds is 0. The van der Waals surface area contributed by atoms with Crippen molar-refractivity contribution in [1.29, 1.82) is 0 Å². The third-order valence-corrected chi connectivity index (χ3v) is 0. The third kappa shape index (κ3) is 26.3. The van der Waals surface area contributed by atoms with Gasteiger partial charge in [-0.3, -0.25) is 0 Å². The summed E-state index contributed by atoms with van der Waals surface area (Å²) in [6.45, 7) is 0.